The van der Waals surface area contributed by atoms with Gasteiger partial charge in [0.05, 0.1) is 23.4 Å². The number of carbonyl (C=O) groups excluding carboxylic acids is 2. The largest absolute Gasteiger partial charge is 0.466 e. The third-order valence-electron chi connectivity index (χ3n) is 6.23. The Morgan fingerprint density at radius 3 is 2.19 bits per heavy atom. The van der Waals surface area contributed by atoms with Gasteiger partial charge in [0.2, 0.25) is 17.5 Å². The van der Waals surface area contributed by atoms with Crippen molar-refractivity contribution in [2.24, 2.45) is 5.92 Å². The highest BCUT2D eigenvalue weighted by Crippen LogP contribution is 2.34. The second kappa shape index (κ2) is 11.9. The van der Waals surface area contributed by atoms with E-state index in [0.29, 0.717) is 32.5 Å². The summed E-state index contributed by atoms with van der Waals surface area (Å²) in [6.45, 7) is 2.87. The Kier molecular flexibility index (Phi) is 8.24. The molecule has 0 aliphatic carbocycles. The number of nitrogens with one attached hydrogen (secondary N) is 2. The normalized spacial score (nSPS) is 13.7. The van der Waals surface area contributed by atoms with Crippen molar-refractivity contribution in [3.8, 4) is 0 Å². The molecule has 192 valence electrons. The van der Waals surface area contributed by atoms with Crippen molar-refractivity contribution in [3.05, 3.63) is 88.2 Å². The summed E-state index contributed by atoms with van der Waals surface area (Å²) in [4.78, 5) is 46.7. The molecule has 2 aromatic carbocycles. The van der Waals surface area contributed by atoms with Crippen LogP contribution in [-0.2, 0) is 14.3 Å². The summed E-state index contributed by atoms with van der Waals surface area (Å²) in [7, 11) is 0. The molecule has 1 aromatic heterocycles. The second-order valence-corrected chi connectivity index (χ2v) is 8.53. The Morgan fingerprint density at radius 2 is 1.65 bits per heavy atom. The molecule has 0 atom stereocenters. The summed E-state index contributed by atoms with van der Waals surface area (Å²) in [6, 6.07) is 18.5. The van der Waals surface area contributed by atoms with Crippen LogP contribution in [-0.4, -0.2) is 46.5 Å². The number of rotatable bonds is 9. The molecule has 2 N–H and O–H groups in total. The van der Waals surface area contributed by atoms with Gasteiger partial charge in [0, 0.05) is 13.1 Å². The van der Waals surface area contributed by atoms with Crippen molar-refractivity contribution >= 4 is 29.2 Å². The van der Waals surface area contributed by atoms with Gasteiger partial charge in [0.15, 0.2) is 0 Å². The van der Waals surface area contributed by atoms with Gasteiger partial charge in [-0.2, -0.15) is 0 Å². The average Bonchev–Trinajstić information content (AvgIpc) is 2.93. The molecular weight excluding hydrogens is 476 g/mol. The SMILES string of the molecule is CCOC(=O)C1CCN(c2ncnc(NNC(=O)C(c3ccccc3)c3ccccc3)c2[N+](=O)[O-])CC1. The van der Waals surface area contributed by atoms with Gasteiger partial charge in [-0.1, -0.05) is 60.7 Å². The van der Waals surface area contributed by atoms with E-state index >= 15 is 0 Å². The van der Waals surface area contributed by atoms with Crippen LogP contribution in [0, 0.1) is 16.0 Å². The summed E-state index contributed by atoms with van der Waals surface area (Å²) in [5.41, 5.74) is 6.43. The fourth-order valence-corrected chi connectivity index (χ4v) is 4.43. The summed E-state index contributed by atoms with van der Waals surface area (Å²) in [5.74, 6) is -1.55. The van der Waals surface area contributed by atoms with E-state index in [1.54, 1.807) is 11.8 Å². The molecule has 1 amide bonds. The van der Waals surface area contributed by atoms with Gasteiger partial charge in [-0.15, -0.1) is 0 Å². The average molecular weight is 505 g/mol. The summed E-state index contributed by atoms with van der Waals surface area (Å²) in [5, 5.41) is 12.0. The molecule has 2 heterocycles. The highest BCUT2D eigenvalue weighted by Gasteiger charge is 2.33. The zero-order valence-corrected chi connectivity index (χ0v) is 20.4. The number of nitro groups is 1. The van der Waals surface area contributed by atoms with Crippen molar-refractivity contribution in [3.63, 3.8) is 0 Å². The van der Waals surface area contributed by atoms with Crippen LogP contribution >= 0.6 is 0 Å². The lowest BCUT2D eigenvalue weighted by atomic mass is 9.91. The summed E-state index contributed by atoms with van der Waals surface area (Å²) >= 11 is 0. The van der Waals surface area contributed by atoms with Crippen LogP contribution in [0.1, 0.15) is 36.8 Å². The number of hydrogen-bond donors (Lipinski definition) is 2. The van der Waals surface area contributed by atoms with Crippen molar-refractivity contribution in [2.75, 3.05) is 30.0 Å². The topological polar surface area (TPSA) is 140 Å². The van der Waals surface area contributed by atoms with Crippen molar-refractivity contribution in [2.45, 2.75) is 25.7 Å². The number of hydrazine groups is 1. The molecule has 37 heavy (non-hydrogen) atoms. The van der Waals surface area contributed by atoms with Crippen LogP contribution in [0.15, 0.2) is 67.0 Å². The Hall–Kier alpha value is -4.54. The van der Waals surface area contributed by atoms with Gasteiger partial charge in [-0.25, -0.2) is 9.97 Å². The van der Waals surface area contributed by atoms with Crippen LogP contribution in [0.25, 0.3) is 0 Å². The summed E-state index contributed by atoms with van der Waals surface area (Å²) in [6.07, 6.45) is 2.20. The first-order chi connectivity index (χ1) is 18.0. The van der Waals surface area contributed by atoms with Crippen molar-refractivity contribution in [1.29, 1.82) is 0 Å². The van der Waals surface area contributed by atoms with E-state index in [-0.39, 0.29) is 29.2 Å². The first-order valence-corrected chi connectivity index (χ1v) is 12.1. The van der Waals surface area contributed by atoms with E-state index in [0.717, 1.165) is 11.1 Å². The molecule has 0 unspecified atom stereocenters. The number of piperidine rings is 1. The first-order valence-electron chi connectivity index (χ1n) is 12.1. The smallest absolute Gasteiger partial charge is 0.355 e. The molecule has 3 aromatic rings. The van der Waals surface area contributed by atoms with E-state index in [4.69, 9.17) is 4.74 Å². The number of nitrogens with zero attached hydrogens (tertiary/aromatic N) is 4. The van der Waals surface area contributed by atoms with Crippen LogP contribution in [0.3, 0.4) is 0 Å². The Bertz CT molecular complexity index is 1190. The highest BCUT2D eigenvalue weighted by atomic mass is 16.6. The van der Waals surface area contributed by atoms with E-state index in [2.05, 4.69) is 20.8 Å². The summed E-state index contributed by atoms with van der Waals surface area (Å²) < 4.78 is 5.10. The number of esters is 1. The lowest BCUT2D eigenvalue weighted by Crippen LogP contribution is -2.38. The Morgan fingerprint density at radius 1 is 1.05 bits per heavy atom. The van der Waals surface area contributed by atoms with Gasteiger partial charge < -0.3 is 9.64 Å². The van der Waals surface area contributed by atoms with Crippen LogP contribution in [0.5, 0.6) is 0 Å². The van der Waals surface area contributed by atoms with Gasteiger partial charge in [0.1, 0.15) is 6.33 Å². The molecule has 0 radical (unpaired) electrons. The van der Waals surface area contributed by atoms with E-state index in [1.807, 2.05) is 60.7 Å². The third kappa shape index (κ3) is 6.00. The maximum absolute atomic E-state index is 13.3. The maximum atomic E-state index is 13.3. The minimum Gasteiger partial charge on any atom is -0.466 e. The molecule has 0 spiro atoms. The molecule has 11 heteroatoms. The molecule has 1 aliphatic heterocycles. The molecule has 1 saturated heterocycles. The van der Waals surface area contributed by atoms with Gasteiger partial charge in [-0.05, 0) is 30.9 Å². The van der Waals surface area contributed by atoms with Crippen molar-refractivity contribution < 1.29 is 19.2 Å². The fourth-order valence-electron chi connectivity index (χ4n) is 4.43. The minimum atomic E-state index is -0.642. The van der Waals surface area contributed by atoms with Crippen LogP contribution in [0.4, 0.5) is 17.3 Å². The molecule has 11 nitrogen and oxygen atoms in total. The monoisotopic (exact) mass is 504 g/mol. The zero-order valence-electron chi connectivity index (χ0n) is 20.4. The Balaban J connectivity index is 1.52. The van der Waals surface area contributed by atoms with Crippen LogP contribution < -0.4 is 15.8 Å². The fraction of sp³-hybridized carbons (Fsp3) is 0.308. The molecular formula is C26H28N6O5. The van der Waals surface area contributed by atoms with E-state index in [9.17, 15) is 19.7 Å². The van der Waals surface area contributed by atoms with Gasteiger partial charge in [-0.3, -0.25) is 30.6 Å². The third-order valence-corrected chi connectivity index (χ3v) is 6.23. The minimum absolute atomic E-state index is 0.127. The standard InChI is InChI=1S/C26H28N6O5/c1-2-37-26(34)20-13-15-31(16-14-20)24-22(32(35)36)23(27-17-28-24)29-30-25(33)21(18-9-5-3-6-10-18)19-11-7-4-8-12-19/h3-12,17,20-21H,2,13-16H2,1H3,(H,30,33)(H,27,28,29). The molecule has 1 aliphatic rings. The first kappa shape index (κ1) is 25.5. The number of ether oxygens (including phenoxy) is 1. The Labute approximate surface area is 214 Å². The number of carbonyl (C=O) groups is 2. The lowest BCUT2D eigenvalue weighted by Gasteiger charge is -2.31. The highest BCUT2D eigenvalue weighted by molar-refractivity contribution is 5.88. The van der Waals surface area contributed by atoms with Gasteiger partial charge in [0.25, 0.3) is 0 Å². The number of anilines is 2. The second-order valence-electron chi connectivity index (χ2n) is 8.53. The molecule has 1 fully saturated rings. The van der Waals surface area contributed by atoms with Gasteiger partial charge >= 0.3 is 11.7 Å². The molecule has 0 bridgehead atoms. The van der Waals surface area contributed by atoms with Crippen LogP contribution in [0.2, 0.25) is 0 Å². The van der Waals surface area contributed by atoms with E-state index in [1.165, 1.54) is 6.33 Å². The zero-order chi connectivity index (χ0) is 26.2. The number of hydrogen-bond acceptors (Lipinski definition) is 9. The number of amides is 1. The maximum Gasteiger partial charge on any atom is 0.355 e. The lowest BCUT2D eigenvalue weighted by molar-refractivity contribution is -0.383. The predicted molar refractivity (Wildman–Crippen MR) is 137 cm³/mol. The van der Waals surface area contributed by atoms with Crippen molar-refractivity contribution in [1.82, 2.24) is 15.4 Å². The number of benzene rings is 2. The predicted octanol–water partition coefficient (Wildman–Crippen LogP) is 3.44. The quantitative estimate of drug-likeness (QED) is 0.255. The number of aromatic nitrogens is 2. The molecule has 4 rings (SSSR count). The van der Waals surface area contributed by atoms with E-state index < -0.39 is 16.7 Å². The molecule has 0 saturated carbocycles.